The van der Waals surface area contributed by atoms with Gasteiger partial charge in [0.05, 0.1) is 47.0 Å². The summed E-state index contributed by atoms with van der Waals surface area (Å²) in [5, 5.41) is 12.7. The lowest BCUT2D eigenvalue weighted by atomic mass is 10.1. The number of likely N-dealkylation sites (N-methyl/N-ethyl adjacent to an activating group) is 1. The van der Waals surface area contributed by atoms with Crippen molar-refractivity contribution in [3.8, 4) is 16.9 Å². The predicted molar refractivity (Wildman–Crippen MR) is 210 cm³/mol. The number of hydrogen-bond acceptors (Lipinski definition) is 13. The fourth-order valence-electron chi connectivity index (χ4n) is 8.45. The predicted octanol–water partition coefficient (Wildman–Crippen LogP) is 3.94. The number of rotatable bonds is 6. The van der Waals surface area contributed by atoms with Crippen LogP contribution in [0.15, 0.2) is 61.4 Å². The lowest BCUT2D eigenvalue weighted by Crippen LogP contribution is -2.49. The molecule has 3 atom stereocenters. The van der Waals surface area contributed by atoms with Crippen LogP contribution in [0.1, 0.15) is 25.2 Å². The Kier molecular flexibility index (Phi) is 8.87. The summed E-state index contributed by atoms with van der Waals surface area (Å²) in [7, 11) is 1.75. The van der Waals surface area contributed by atoms with Gasteiger partial charge in [0.25, 0.3) is 0 Å². The SMILES string of the molecule is CCO[C@H]1CN(C)C(=O)[C@@H]2CC(CN2c2nc(N3CC(n4cncn4)C3)nc3c2cnn3-c2ccc(F)cc2F)Nc2nccc(n2)-c2cc(F)cc3nc(C)n(c23)C1. The highest BCUT2D eigenvalue weighted by Gasteiger charge is 2.42. The van der Waals surface area contributed by atoms with Crippen LogP contribution in [0.4, 0.5) is 30.9 Å². The smallest absolute Gasteiger partial charge is 0.245 e. The van der Waals surface area contributed by atoms with Gasteiger partial charge in [-0.1, -0.05) is 0 Å². The van der Waals surface area contributed by atoms with Crippen molar-refractivity contribution in [2.24, 2.45) is 0 Å². The number of ether oxygens (including phenoxy) is 1. The zero-order chi connectivity index (χ0) is 40.5. The first-order valence-electron chi connectivity index (χ1n) is 19.3. The van der Waals surface area contributed by atoms with E-state index in [0.29, 0.717) is 83.9 Å². The molecule has 5 aromatic heterocycles. The van der Waals surface area contributed by atoms with Gasteiger partial charge in [-0.25, -0.2) is 42.5 Å². The van der Waals surface area contributed by atoms with Gasteiger partial charge in [-0.3, -0.25) is 4.79 Å². The Morgan fingerprint density at radius 3 is 2.61 bits per heavy atom. The van der Waals surface area contributed by atoms with E-state index in [-0.39, 0.29) is 42.4 Å². The minimum absolute atomic E-state index is 0.00159. The van der Waals surface area contributed by atoms with Crippen molar-refractivity contribution in [3.05, 3.63) is 84.7 Å². The number of benzene rings is 2. The number of aryl methyl sites for hydroxylation is 1. The molecule has 1 unspecified atom stereocenters. The molecule has 0 radical (unpaired) electrons. The lowest BCUT2D eigenvalue weighted by Gasteiger charge is -2.39. The van der Waals surface area contributed by atoms with Crippen LogP contribution >= 0.6 is 0 Å². The molecule has 0 aliphatic carbocycles. The molecule has 4 bridgehead atoms. The Morgan fingerprint density at radius 1 is 0.949 bits per heavy atom. The standard InChI is InChI=1S/C39H38F3N15O2/c1-4-59-26-17-52(3)37(58)33-12-24(48-38-44-8-7-30(49-38)27-9-23(41)11-31-34(27)54(18-26)21(2)47-31)14-55(33)35-28-13-45-57(32-6-5-22(40)10-29(32)42)36(28)51-39(50-35)53-15-25(16-53)56-20-43-19-46-56/h5-11,13,19-20,24-26,33H,4,12,14-18H2,1-3H3,(H,44,48,49)/t24?,26-,33-/m0/s1. The van der Waals surface area contributed by atoms with E-state index in [4.69, 9.17) is 24.7 Å². The number of carbonyl (C=O) groups is 1. The Hall–Kier alpha value is -6.70. The Bertz CT molecular complexity index is 2730. The molecule has 2 fully saturated rings. The monoisotopic (exact) mass is 805 g/mol. The normalized spacial score (nSPS) is 19.9. The molecule has 20 heteroatoms. The Labute approximate surface area is 334 Å². The van der Waals surface area contributed by atoms with Gasteiger partial charge in [-0.2, -0.15) is 20.2 Å². The number of halogens is 3. The van der Waals surface area contributed by atoms with Gasteiger partial charge >= 0.3 is 0 Å². The Balaban J connectivity index is 1.09. The van der Waals surface area contributed by atoms with Gasteiger partial charge in [0.15, 0.2) is 11.5 Å². The third-order valence-corrected chi connectivity index (χ3v) is 11.3. The number of nitrogens with one attached hydrogen (secondary N) is 1. The largest absolute Gasteiger partial charge is 0.375 e. The van der Waals surface area contributed by atoms with E-state index in [9.17, 15) is 9.18 Å². The second-order valence-corrected chi connectivity index (χ2v) is 15.1. The van der Waals surface area contributed by atoms with E-state index in [2.05, 4.69) is 25.5 Å². The van der Waals surface area contributed by atoms with Crippen LogP contribution in [0.5, 0.6) is 0 Å². The van der Waals surface area contributed by atoms with Crippen LogP contribution in [-0.4, -0.2) is 123 Å². The number of anilines is 3. The summed E-state index contributed by atoms with van der Waals surface area (Å²) in [6.45, 7) is 6.04. The maximum absolute atomic E-state index is 15.3. The molecule has 59 heavy (non-hydrogen) atoms. The van der Waals surface area contributed by atoms with Crippen molar-refractivity contribution >= 4 is 45.7 Å². The van der Waals surface area contributed by atoms with Gasteiger partial charge in [0, 0.05) is 69.8 Å². The van der Waals surface area contributed by atoms with Crippen LogP contribution in [0, 0.1) is 24.4 Å². The fraction of sp³-hybridized carbons (Fsp3) is 0.359. The van der Waals surface area contributed by atoms with E-state index >= 15 is 8.78 Å². The van der Waals surface area contributed by atoms with Crippen LogP contribution < -0.4 is 15.1 Å². The highest BCUT2D eigenvalue weighted by atomic mass is 19.1. The molecule has 302 valence electrons. The van der Waals surface area contributed by atoms with E-state index < -0.39 is 29.6 Å². The molecule has 0 spiro atoms. The second-order valence-electron chi connectivity index (χ2n) is 15.1. The van der Waals surface area contributed by atoms with E-state index in [1.807, 2.05) is 28.2 Å². The minimum Gasteiger partial charge on any atom is -0.375 e. The average molecular weight is 806 g/mol. The molecule has 17 nitrogen and oxygen atoms in total. The van der Waals surface area contributed by atoms with Gasteiger partial charge in [0.1, 0.15) is 47.7 Å². The highest BCUT2D eigenvalue weighted by molar-refractivity contribution is 5.94. The van der Waals surface area contributed by atoms with E-state index in [1.165, 1.54) is 35.4 Å². The van der Waals surface area contributed by atoms with Crippen LogP contribution in [-0.2, 0) is 16.1 Å². The van der Waals surface area contributed by atoms with Crippen LogP contribution in [0.2, 0.25) is 0 Å². The van der Waals surface area contributed by atoms with Gasteiger partial charge in [-0.15, -0.1) is 0 Å². The molecular formula is C39H38F3N15O2. The highest BCUT2D eigenvalue weighted by Crippen LogP contribution is 2.37. The van der Waals surface area contributed by atoms with Crippen molar-refractivity contribution in [2.75, 3.05) is 55.0 Å². The first-order chi connectivity index (χ1) is 28.6. The minimum atomic E-state index is -0.816. The molecule has 7 aromatic rings. The first kappa shape index (κ1) is 36.6. The molecule has 1 N–H and O–H groups in total. The summed E-state index contributed by atoms with van der Waals surface area (Å²) in [5.41, 5.74) is 2.51. The number of hydrogen-bond donors (Lipinski definition) is 1. The molecule has 2 saturated heterocycles. The third kappa shape index (κ3) is 6.43. The molecule has 8 heterocycles. The molecule has 3 aliphatic rings. The molecule has 0 saturated carbocycles. The lowest BCUT2D eigenvalue weighted by molar-refractivity contribution is -0.133. The molecule has 2 aromatic carbocycles. The zero-order valence-corrected chi connectivity index (χ0v) is 32.2. The van der Waals surface area contributed by atoms with E-state index in [0.717, 1.165) is 12.1 Å². The second kappa shape index (κ2) is 14.3. The van der Waals surface area contributed by atoms with E-state index in [1.54, 1.807) is 35.2 Å². The summed E-state index contributed by atoms with van der Waals surface area (Å²) >= 11 is 0. The number of aromatic nitrogens is 11. The maximum Gasteiger partial charge on any atom is 0.245 e. The van der Waals surface area contributed by atoms with Gasteiger partial charge < -0.3 is 29.3 Å². The number of amides is 1. The van der Waals surface area contributed by atoms with Crippen molar-refractivity contribution in [3.63, 3.8) is 0 Å². The fourth-order valence-corrected chi connectivity index (χ4v) is 8.45. The molecule has 3 aliphatic heterocycles. The average Bonchev–Trinajstić information content (AvgIpc) is 4.01. The van der Waals surface area contributed by atoms with Crippen molar-refractivity contribution in [1.82, 2.24) is 58.9 Å². The summed E-state index contributed by atoms with van der Waals surface area (Å²) in [6, 6.07) is 6.77. The van der Waals surface area contributed by atoms with Crippen LogP contribution in [0.25, 0.3) is 39.0 Å². The first-order valence-corrected chi connectivity index (χ1v) is 19.3. The van der Waals surface area contributed by atoms with Crippen molar-refractivity contribution in [1.29, 1.82) is 0 Å². The summed E-state index contributed by atoms with van der Waals surface area (Å²) < 4.78 is 55.9. The molecule has 1 amide bonds. The quantitative estimate of drug-likeness (QED) is 0.257. The molecule has 10 rings (SSSR count). The van der Waals surface area contributed by atoms with Gasteiger partial charge in [-0.05, 0) is 44.5 Å². The van der Waals surface area contributed by atoms with Crippen molar-refractivity contribution < 1.29 is 22.7 Å². The van der Waals surface area contributed by atoms with Crippen LogP contribution in [0.3, 0.4) is 0 Å². The molecular weight excluding hydrogens is 768 g/mol. The van der Waals surface area contributed by atoms with Gasteiger partial charge in [0.2, 0.25) is 17.8 Å². The zero-order valence-electron chi connectivity index (χ0n) is 32.2. The summed E-state index contributed by atoms with van der Waals surface area (Å²) in [6.07, 6.45) is 6.16. The number of imidazole rings is 1. The Morgan fingerprint density at radius 2 is 1.81 bits per heavy atom. The number of carbonyl (C=O) groups excluding carboxylic acids is 1. The summed E-state index contributed by atoms with van der Waals surface area (Å²) in [5.74, 6) is -0.462. The third-order valence-electron chi connectivity index (χ3n) is 11.3. The van der Waals surface area contributed by atoms with Crippen molar-refractivity contribution in [2.45, 2.75) is 51.0 Å². The topological polar surface area (TPSA) is 166 Å². The number of fused-ring (bicyclic) bond motifs is 6. The maximum atomic E-state index is 15.3. The number of nitrogens with zero attached hydrogens (tertiary/aromatic N) is 14. The summed E-state index contributed by atoms with van der Waals surface area (Å²) in [4.78, 5) is 48.5.